The number of imidazole rings is 1. The van der Waals surface area contributed by atoms with E-state index < -0.39 is 0 Å². The second-order valence-corrected chi connectivity index (χ2v) is 11.8. The molecule has 0 spiro atoms. The van der Waals surface area contributed by atoms with Crippen molar-refractivity contribution in [2.24, 2.45) is 0 Å². The number of carbonyl (C=O) groups is 1. The zero-order valence-corrected chi connectivity index (χ0v) is 24.3. The maximum atomic E-state index is 13.9. The van der Waals surface area contributed by atoms with Crippen LogP contribution in [0.2, 0.25) is 10.0 Å². The van der Waals surface area contributed by atoms with E-state index in [0.29, 0.717) is 26.9 Å². The van der Waals surface area contributed by atoms with Crippen LogP contribution in [0.15, 0.2) is 36.7 Å². The zero-order valence-electron chi connectivity index (χ0n) is 22.8. The van der Waals surface area contributed by atoms with Crippen LogP contribution in [0.3, 0.4) is 0 Å². The number of likely N-dealkylation sites (tertiary alicyclic amines) is 1. The Morgan fingerprint density at radius 3 is 2.73 bits per heavy atom. The van der Waals surface area contributed by atoms with E-state index in [4.69, 9.17) is 23.2 Å². The second kappa shape index (κ2) is 11.5. The molecule has 0 bridgehead atoms. The van der Waals surface area contributed by atoms with Gasteiger partial charge >= 0.3 is 0 Å². The number of piperazine rings is 1. The molecule has 2 N–H and O–H groups in total. The standard InChI is InChI=1S/C29H34Cl2N8O/c1-18(27-35-24-7-6-19(30)13-26(24)36-27)34-28-22-14-23(31)21(15-25(22)32-17-33-28)29(40)39-8-4-3-5-20(39)16-38-11-9-37(2)10-12-38/h6-7,13-15,17-18,20H,3-5,8-12,16H2,1-2H3,(H,35,36)(H,32,33,34)/t18-,20-/m1/s1. The van der Waals surface area contributed by atoms with Crippen LogP contribution in [0.4, 0.5) is 5.82 Å². The van der Waals surface area contributed by atoms with Gasteiger partial charge < -0.3 is 20.1 Å². The van der Waals surface area contributed by atoms with Gasteiger partial charge in [0.15, 0.2) is 0 Å². The molecule has 6 rings (SSSR count). The van der Waals surface area contributed by atoms with Crippen LogP contribution in [-0.4, -0.2) is 92.9 Å². The molecule has 2 aliphatic rings. The summed E-state index contributed by atoms with van der Waals surface area (Å²) in [7, 11) is 2.16. The van der Waals surface area contributed by atoms with E-state index in [1.54, 1.807) is 6.07 Å². The maximum Gasteiger partial charge on any atom is 0.255 e. The summed E-state index contributed by atoms with van der Waals surface area (Å²) in [5, 5.41) is 5.24. The van der Waals surface area contributed by atoms with E-state index in [1.807, 2.05) is 36.1 Å². The van der Waals surface area contributed by atoms with Gasteiger partial charge in [-0.3, -0.25) is 9.69 Å². The van der Waals surface area contributed by atoms with Gasteiger partial charge in [-0.2, -0.15) is 0 Å². The van der Waals surface area contributed by atoms with Gasteiger partial charge in [-0.15, -0.1) is 0 Å². The minimum absolute atomic E-state index is 0.0202. The fourth-order valence-corrected chi connectivity index (χ4v) is 6.19. The number of nitrogens with one attached hydrogen (secondary N) is 2. The normalized spacial score (nSPS) is 19.8. The van der Waals surface area contributed by atoms with Gasteiger partial charge in [-0.25, -0.2) is 15.0 Å². The second-order valence-electron chi connectivity index (χ2n) is 11.0. The number of carbonyl (C=O) groups excluding carboxylic acids is 1. The van der Waals surface area contributed by atoms with Crippen molar-refractivity contribution >= 4 is 56.9 Å². The van der Waals surface area contributed by atoms with E-state index in [9.17, 15) is 4.79 Å². The lowest BCUT2D eigenvalue weighted by molar-refractivity contribution is 0.0496. The SMILES string of the molecule is C[C@@H](Nc1ncnc2cc(C(=O)N3CCCC[C@@H]3CN3CCN(C)CC3)c(Cl)cc12)c1nc2ccc(Cl)cc2[nH]1. The monoisotopic (exact) mass is 580 g/mol. The highest BCUT2D eigenvalue weighted by atomic mass is 35.5. The Morgan fingerprint density at radius 1 is 1.07 bits per heavy atom. The molecule has 40 heavy (non-hydrogen) atoms. The first kappa shape index (κ1) is 27.2. The van der Waals surface area contributed by atoms with Crippen molar-refractivity contribution in [2.45, 2.75) is 38.3 Å². The van der Waals surface area contributed by atoms with Crippen molar-refractivity contribution in [2.75, 3.05) is 51.6 Å². The fraction of sp³-hybridized carbons (Fsp3) is 0.448. The first-order chi connectivity index (χ1) is 19.4. The number of likely N-dealkylation sites (N-methyl/N-ethyl adjacent to an activating group) is 1. The van der Waals surface area contributed by atoms with Crippen LogP contribution >= 0.6 is 23.2 Å². The van der Waals surface area contributed by atoms with E-state index in [-0.39, 0.29) is 18.0 Å². The lowest BCUT2D eigenvalue weighted by atomic mass is 9.99. The summed E-state index contributed by atoms with van der Waals surface area (Å²) < 4.78 is 0. The van der Waals surface area contributed by atoms with Crippen molar-refractivity contribution in [1.82, 2.24) is 34.6 Å². The van der Waals surface area contributed by atoms with Crippen LogP contribution in [0.5, 0.6) is 0 Å². The number of anilines is 1. The van der Waals surface area contributed by atoms with Gasteiger partial charge in [0.25, 0.3) is 5.91 Å². The first-order valence-corrected chi connectivity index (χ1v) is 14.7. The summed E-state index contributed by atoms with van der Waals surface area (Å²) in [6.45, 7) is 7.88. The highest BCUT2D eigenvalue weighted by molar-refractivity contribution is 6.35. The molecule has 0 aliphatic carbocycles. The molecule has 2 aromatic carbocycles. The van der Waals surface area contributed by atoms with Crippen molar-refractivity contribution in [3.8, 4) is 0 Å². The van der Waals surface area contributed by atoms with Gasteiger partial charge in [0.2, 0.25) is 0 Å². The number of aromatic amines is 1. The average molecular weight is 582 g/mol. The first-order valence-electron chi connectivity index (χ1n) is 13.9. The quantitative estimate of drug-likeness (QED) is 0.322. The minimum atomic E-state index is -0.173. The number of aromatic nitrogens is 4. The largest absolute Gasteiger partial charge is 0.360 e. The lowest BCUT2D eigenvalue weighted by Gasteiger charge is -2.41. The number of nitrogens with zero attached hydrogens (tertiary/aromatic N) is 6. The van der Waals surface area contributed by atoms with Gasteiger partial charge in [-0.1, -0.05) is 23.2 Å². The Labute approximate surface area is 243 Å². The molecule has 9 nitrogen and oxygen atoms in total. The third-order valence-corrected chi connectivity index (χ3v) is 8.68. The molecule has 2 saturated heterocycles. The highest BCUT2D eigenvalue weighted by Crippen LogP contribution is 2.31. The maximum absolute atomic E-state index is 13.9. The van der Waals surface area contributed by atoms with Crippen molar-refractivity contribution in [3.63, 3.8) is 0 Å². The number of H-pyrrole nitrogens is 1. The number of amides is 1. The Balaban J connectivity index is 1.23. The molecule has 2 aromatic heterocycles. The number of hydrogen-bond acceptors (Lipinski definition) is 7. The Kier molecular flexibility index (Phi) is 7.81. The number of piperidine rings is 1. The number of halogens is 2. The van der Waals surface area contributed by atoms with Crippen molar-refractivity contribution in [3.05, 3.63) is 58.1 Å². The molecule has 11 heteroatoms. The molecule has 4 aromatic rings. The number of fused-ring (bicyclic) bond motifs is 2. The molecule has 0 saturated carbocycles. The van der Waals surface area contributed by atoms with Crippen LogP contribution in [0.1, 0.15) is 48.4 Å². The Hall–Kier alpha value is -2.98. The third kappa shape index (κ3) is 5.61. The van der Waals surface area contributed by atoms with E-state index >= 15 is 0 Å². The summed E-state index contributed by atoms with van der Waals surface area (Å²) in [6, 6.07) is 9.20. The minimum Gasteiger partial charge on any atom is -0.360 e. The smallest absolute Gasteiger partial charge is 0.255 e. The van der Waals surface area contributed by atoms with E-state index in [0.717, 1.165) is 80.8 Å². The third-order valence-electron chi connectivity index (χ3n) is 8.13. The van der Waals surface area contributed by atoms with Crippen LogP contribution in [0.25, 0.3) is 21.9 Å². The molecule has 210 valence electrons. The van der Waals surface area contributed by atoms with Crippen molar-refractivity contribution < 1.29 is 4.79 Å². The summed E-state index contributed by atoms with van der Waals surface area (Å²) in [5.74, 6) is 1.37. The van der Waals surface area contributed by atoms with E-state index in [2.05, 4.69) is 42.1 Å². The van der Waals surface area contributed by atoms with Crippen LogP contribution in [-0.2, 0) is 0 Å². The molecular formula is C29H34Cl2N8O. The van der Waals surface area contributed by atoms with Gasteiger partial charge in [0.1, 0.15) is 18.0 Å². The van der Waals surface area contributed by atoms with Gasteiger partial charge in [-0.05, 0) is 63.6 Å². The predicted octanol–water partition coefficient (Wildman–Crippen LogP) is 5.23. The number of benzene rings is 2. The van der Waals surface area contributed by atoms with Crippen LogP contribution in [0, 0.1) is 0 Å². The molecule has 0 unspecified atom stereocenters. The molecule has 4 heterocycles. The molecule has 2 aliphatic heterocycles. The van der Waals surface area contributed by atoms with E-state index in [1.165, 1.54) is 6.33 Å². The Morgan fingerprint density at radius 2 is 1.90 bits per heavy atom. The summed E-state index contributed by atoms with van der Waals surface area (Å²) >= 11 is 12.9. The van der Waals surface area contributed by atoms with Gasteiger partial charge in [0, 0.05) is 55.7 Å². The predicted molar refractivity (Wildman–Crippen MR) is 160 cm³/mol. The van der Waals surface area contributed by atoms with Crippen LogP contribution < -0.4 is 5.32 Å². The zero-order chi connectivity index (χ0) is 27.8. The summed E-state index contributed by atoms with van der Waals surface area (Å²) in [5.41, 5.74) is 2.88. The molecule has 0 radical (unpaired) electrons. The molecule has 2 atom stereocenters. The fourth-order valence-electron chi connectivity index (χ4n) is 5.78. The van der Waals surface area contributed by atoms with Crippen molar-refractivity contribution in [1.29, 1.82) is 0 Å². The summed E-state index contributed by atoms with van der Waals surface area (Å²) in [6.07, 6.45) is 4.69. The average Bonchev–Trinajstić information content (AvgIpc) is 3.38. The topological polar surface area (TPSA) is 93.3 Å². The number of hydrogen-bond donors (Lipinski definition) is 2. The molecule has 2 fully saturated rings. The molecular weight excluding hydrogens is 547 g/mol. The summed E-state index contributed by atoms with van der Waals surface area (Å²) in [4.78, 5) is 37.7. The molecule has 1 amide bonds. The van der Waals surface area contributed by atoms with Gasteiger partial charge in [0.05, 0.1) is 33.2 Å². The highest BCUT2D eigenvalue weighted by Gasteiger charge is 2.31. The number of rotatable bonds is 6. The Bertz CT molecular complexity index is 1530. The lowest BCUT2D eigenvalue weighted by Crippen LogP contribution is -2.53.